The quantitative estimate of drug-likeness (QED) is 0.577. The van der Waals surface area contributed by atoms with Crippen LogP contribution in [0.5, 0.6) is 0 Å². The topological polar surface area (TPSA) is 67.3 Å². The maximum Gasteiger partial charge on any atom is 0.326 e. The first-order valence-corrected chi connectivity index (χ1v) is 8.67. The third-order valence-electron chi connectivity index (χ3n) is 2.60. The summed E-state index contributed by atoms with van der Waals surface area (Å²) in [5.41, 5.74) is -0.737. The van der Waals surface area contributed by atoms with E-state index in [1.165, 1.54) is 23.1 Å². The van der Waals surface area contributed by atoms with Crippen LogP contribution >= 0.6 is 23.1 Å². The highest BCUT2D eigenvalue weighted by molar-refractivity contribution is 8.01. The number of aromatic nitrogens is 2. The lowest BCUT2D eigenvalue weighted by Gasteiger charge is -2.29. The van der Waals surface area contributed by atoms with Gasteiger partial charge in [-0.1, -0.05) is 23.1 Å². The predicted octanol–water partition coefficient (Wildman–Crippen LogP) is 2.02. The van der Waals surface area contributed by atoms with Crippen molar-refractivity contribution in [3.63, 3.8) is 0 Å². The van der Waals surface area contributed by atoms with Gasteiger partial charge >= 0.3 is 5.97 Å². The van der Waals surface area contributed by atoms with E-state index >= 15 is 0 Å². The van der Waals surface area contributed by atoms with Gasteiger partial charge in [0.15, 0.2) is 4.34 Å². The smallest absolute Gasteiger partial charge is 0.326 e. The first-order valence-electron chi connectivity index (χ1n) is 6.87. The minimum Gasteiger partial charge on any atom is -0.465 e. The summed E-state index contributed by atoms with van der Waals surface area (Å²) in [6.07, 6.45) is 0. The molecule has 0 radical (unpaired) electrons. The number of rotatable bonds is 8. The fourth-order valence-electron chi connectivity index (χ4n) is 1.73. The zero-order valence-corrected chi connectivity index (χ0v) is 15.1. The molecule has 1 unspecified atom stereocenters. The van der Waals surface area contributed by atoms with Crippen LogP contribution in [0.15, 0.2) is 4.34 Å². The summed E-state index contributed by atoms with van der Waals surface area (Å²) < 4.78 is 6.03. The van der Waals surface area contributed by atoms with Crippen molar-refractivity contribution in [2.45, 2.75) is 43.6 Å². The lowest BCUT2D eigenvalue weighted by molar-refractivity contribution is -0.149. The van der Waals surface area contributed by atoms with Crippen molar-refractivity contribution in [3.8, 4) is 0 Å². The second-order valence-corrected chi connectivity index (χ2v) is 7.56. The molecular weight excluding hydrogens is 308 g/mol. The van der Waals surface area contributed by atoms with Crippen LogP contribution in [-0.4, -0.2) is 54.2 Å². The molecule has 1 aromatic heterocycles. The Morgan fingerprint density at radius 2 is 2.14 bits per heavy atom. The van der Waals surface area contributed by atoms with Crippen LogP contribution in [-0.2, 0) is 9.53 Å². The van der Waals surface area contributed by atoms with Crippen molar-refractivity contribution in [2.75, 3.05) is 31.4 Å². The number of carbonyl (C=O) groups excluding carboxylic acids is 1. The molecule has 0 aliphatic heterocycles. The van der Waals surface area contributed by atoms with Gasteiger partial charge in [0.05, 0.1) is 6.61 Å². The Hall–Kier alpha value is -0.860. The van der Waals surface area contributed by atoms with E-state index in [1.54, 1.807) is 0 Å². The van der Waals surface area contributed by atoms with Gasteiger partial charge in [-0.25, -0.2) is 0 Å². The molecule has 0 aliphatic carbocycles. The van der Waals surface area contributed by atoms with E-state index in [4.69, 9.17) is 4.74 Å². The molecule has 1 heterocycles. The number of hydrogen-bond donors (Lipinski definition) is 1. The number of hydrogen-bond acceptors (Lipinski definition) is 8. The summed E-state index contributed by atoms with van der Waals surface area (Å²) in [5.74, 6) is 0.315. The zero-order chi connectivity index (χ0) is 16.0. The zero-order valence-electron chi connectivity index (χ0n) is 13.5. The van der Waals surface area contributed by atoms with E-state index < -0.39 is 5.54 Å². The van der Waals surface area contributed by atoms with Crippen molar-refractivity contribution in [1.29, 1.82) is 0 Å². The van der Waals surface area contributed by atoms with Gasteiger partial charge < -0.3 is 9.64 Å². The molecule has 0 saturated carbocycles. The SMILES string of the molecule is CCOC(=O)C(C)(CSc1nnc(N(C)C)s1)NC(C)C. The molecule has 1 rings (SSSR count). The summed E-state index contributed by atoms with van der Waals surface area (Å²) in [7, 11) is 3.86. The number of anilines is 1. The van der Waals surface area contributed by atoms with Gasteiger partial charge in [0.2, 0.25) is 5.13 Å². The molecule has 0 aromatic carbocycles. The van der Waals surface area contributed by atoms with Gasteiger partial charge in [-0.2, -0.15) is 0 Å². The van der Waals surface area contributed by atoms with Crippen LogP contribution in [0.3, 0.4) is 0 Å². The Kier molecular flexibility index (Phi) is 6.89. The minimum absolute atomic E-state index is 0.187. The van der Waals surface area contributed by atoms with Crippen LogP contribution in [0.4, 0.5) is 5.13 Å². The third-order valence-corrected chi connectivity index (χ3v) is 5.14. The monoisotopic (exact) mass is 332 g/mol. The molecule has 1 N–H and O–H groups in total. The van der Waals surface area contributed by atoms with Crippen molar-refractivity contribution in [1.82, 2.24) is 15.5 Å². The highest BCUT2D eigenvalue weighted by atomic mass is 32.2. The number of esters is 1. The average molecular weight is 332 g/mol. The van der Waals surface area contributed by atoms with Crippen LogP contribution in [0.1, 0.15) is 27.7 Å². The van der Waals surface area contributed by atoms with Gasteiger partial charge in [-0.05, 0) is 27.7 Å². The number of ether oxygens (including phenoxy) is 1. The molecule has 0 fully saturated rings. The molecule has 0 saturated heterocycles. The molecule has 8 heteroatoms. The summed E-state index contributed by atoms with van der Waals surface area (Å²) in [4.78, 5) is 14.1. The molecule has 6 nitrogen and oxygen atoms in total. The van der Waals surface area contributed by atoms with E-state index in [0.29, 0.717) is 12.4 Å². The largest absolute Gasteiger partial charge is 0.465 e. The molecule has 1 atom stereocenters. The lowest BCUT2D eigenvalue weighted by atomic mass is 10.0. The maximum absolute atomic E-state index is 12.2. The number of thioether (sulfide) groups is 1. The lowest BCUT2D eigenvalue weighted by Crippen LogP contribution is -2.55. The summed E-state index contributed by atoms with van der Waals surface area (Å²) in [6, 6.07) is 0.187. The molecule has 0 spiro atoms. The molecule has 0 aliphatic rings. The molecule has 0 amide bonds. The highest BCUT2D eigenvalue weighted by Crippen LogP contribution is 2.29. The summed E-state index contributed by atoms with van der Waals surface area (Å²) in [5, 5.41) is 12.4. The van der Waals surface area contributed by atoms with Gasteiger partial charge in [-0.15, -0.1) is 10.2 Å². The number of nitrogens with one attached hydrogen (secondary N) is 1. The molecule has 0 bridgehead atoms. The number of nitrogens with zero attached hydrogens (tertiary/aromatic N) is 3. The second-order valence-electron chi connectivity index (χ2n) is 5.39. The maximum atomic E-state index is 12.2. The molecule has 21 heavy (non-hydrogen) atoms. The average Bonchev–Trinajstić information content (AvgIpc) is 2.85. The fourth-order valence-corrected chi connectivity index (χ4v) is 3.58. The Labute approximate surface area is 134 Å². The van der Waals surface area contributed by atoms with E-state index in [-0.39, 0.29) is 12.0 Å². The van der Waals surface area contributed by atoms with Crippen molar-refractivity contribution < 1.29 is 9.53 Å². The Bertz CT molecular complexity index is 465. The van der Waals surface area contributed by atoms with E-state index in [0.717, 1.165) is 9.47 Å². The fraction of sp³-hybridized carbons (Fsp3) is 0.769. The molecule has 120 valence electrons. The highest BCUT2D eigenvalue weighted by Gasteiger charge is 2.35. The Morgan fingerprint density at radius 3 is 2.62 bits per heavy atom. The van der Waals surface area contributed by atoms with E-state index in [2.05, 4.69) is 15.5 Å². The van der Waals surface area contributed by atoms with Gasteiger partial charge in [0.1, 0.15) is 5.54 Å². The normalized spacial score (nSPS) is 14.0. The van der Waals surface area contributed by atoms with Gasteiger partial charge in [0, 0.05) is 25.9 Å². The van der Waals surface area contributed by atoms with Gasteiger partial charge in [0.25, 0.3) is 0 Å². The van der Waals surface area contributed by atoms with E-state index in [9.17, 15) is 4.79 Å². The summed E-state index contributed by atoms with van der Waals surface area (Å²) in [6.45, 7) is 8.08. The number of carbonyl (C=O) groups is 1. The van der Waals surface area contributed by atoms with Crippen molar-refractivity contribution >= 4 is 34.2 Å². The standard InChI is InChI=1S/C13H24N4O2S2/c1-7-19-10(18)13(4,14-9(2)3)8-20-12-16-15-11(21-12)17(5)6/h9,14H,7-8H2,1-6H3. The van der Waals surface area contributed by atoms with Crippen LogP contribution in [0, 0.1) is 0 Å². The first-order chi connectivity index (χ1) is 9.78. The minimum atomic E-state index is -0.737. The van der Waals surface area contributed by atoms with Crippen LogP contribution in [0.25, 0.3) is 0 Å². The van der Waals surface area contributed by atoms with Crippen LogP contribution in [0.2, 0.25) is 0 Å². The van der Waals surface area contributed by atoms with E-state index in [1.807, 2.05) is 46.7 Å². The van der Waals surface area contributed by atoms with Crippen LogP contribution < -0.4 is 10.2 Å². The predicted molar refractivity (Wildman–Crippen MR) is 88.3 cm³/mol. The molecular formula is C13H24N4O2S2. The Balaban J connectivity index is 2.74. The van der Waals surface area contributed by atoms with Crippen molar-refractivity contribution in [2.24, 2.45) is 0 Å². The summed E-state index contributed by atoms with van der Waals surface area (Å²) >= 11 is 3.03. The van der Waals surface area contributed by atoms with Crippen molar-refractivity contribution in [3.05, 3.63) is 0 Å². The first kappa shape index (κ1) is 18.2. The Morgan fingerprint density at radius 1 is 1.48 bits per heavy atom. The van der Waals surface area contributed by atoms with Gasteiger partial charge in [-0.3, -0.25) is 10.1 Å². The third kappa shape index (κ3) is 5.44. The molecule has 1 aromatic rings. The second kappa shape index (κ2) is 7.95.